The third kappa shape index (κ3) is 4.23. The number of morpholine rings is 1. The normalized spacial score (nSPS) is 21.2. The number of carbonyl (C=O) groups excluding carboxylic acids is 1. The number of ether oxygens (including phenoxy) is 1. The number of hydrogen-bond donors (Lipinski definition) is 1. The van der Waals surface area contributed by atoms with Gasteiger partial charge in [0.2, 0.25) is 5.91 Å². The summed E-state index contributed by atoms with van der Waals surface area (Å²) in [6.45, 7) is 9.34. The molecule has 2 rings (SSSR count). The molecule has 2 heterocycles. The summed E-state index contributed by atoms with van der Waals surface area (Å²) in [6.07, 6.45) is 0.0845. The van der Waals surface area contributed by atoms with Gasteiger partial charge in [0.1, 0.15) is 0 Å². The number of carbonyl (C=O) groups is 1. The Kier molecular flexibility index (Phi) is 5.69. The summed E-state index contributed by atoms with van der Waals surface area (Å²) < 4.78 is 5.66. The van der Waals surface area contributed by atoms with Gasteiger partial charge in [0.15, 0.2) is 5.13 Å². The van der Waals surface area contributed by atoms with Gasteiger partial charge in [-0.3, -0.25) is 14.6 Å². The molecule has 118 valence electrons. The molecule has 1 aromatic heterocycles. The molecule has 1 amide bonds. The monoisotopic (exact) mass is 312 g/mol. The molecule has 0 spiro atoms. The van der Waals surface area contributed by atoms with Crippen molar-refractivity contribution in [1.29, 1.82) is 0 Å². The van der Waals surface area contributed by atoms with E-state index < -0.39 is 0 Å². The van der Waals surface area contributed by atoms with Crippen LogP contribution in [0.3, 0.4) is 0 Å². The molecule has 1 aromatic rings. The second-order valence-corrected chi connectivity index (χ2v) is 6.22. The van der Waals surface area contributed by atoms with E-state index in [1.807, 2.05) is 19.2 Å². The Morgan fingerprint density at radius 2 is 2.48 bits per heavy atom. The minimum Gasteiger partial charge on any atom is -0.374 e. The van der Waals surface area contributed by atoms with Crippen LogP contribution in [0, 0.1) is 0 Å². The van der Waals surface area contributed by atoms with Gasteiger partial charge in [0.05, 0.1) is 18.4 Å². The minimum atomic E-state index is 0.0294. The van der Waals surface area contributed by atoms with Crippen LogP contribution in [0.25, 0.3) is 0 Å². The number of thiazole rings is 1. The van der Waals surface area contributed by atoms with Crippen LogP contribution in [0.2, 0.25) is 0 Å². The van der Waals surface area contributed by atoms with Crippen molar-refractivity contribution < 1.29 is 9.53 Å². The van der Waals surface area contributed by atoms with Gasteiger partial charge in [-0.05, 0) is 13.8 Å². The van der Waals surface area contributed by atoms with Crippen molar-refractivity contribution in [1.82, 2.24) is 9.88 Å². The van der Waals surface area contributed by atoms with Crippen molar-refractivity contribution in [2.75, 3.05) is 31.1 Å². The first-order chi connectivity index (χ1) is 10.0. The van der Waals surface area contributed by atoms with Crippen LogP contribution in [-0.4, -0.2) is 54.2 Å². The molecule has 2 atom stereocenters. The first kappa shape index (κ1) is 16.4. The van der Waals surface area contributed by atoms with Crippen molar-refractivity contribution in [3.8, 4) is 0 Å². The average molecular weight is 312 g/mol. The highest BCUT2D eigenvalue weighted by atomic mass is 32.1. The first-order valence-corrected chi connectivity index (χ1v) is 8.21. The van der Waals surface area contributed by atoms with Gasteiger partial charge in [-0.25, -0.2) is 4.98 Å². The lowest BCUT2D eigenvalue weighted by atomic mass is 10.1. The van der Waals surface area contributed by atoms with E-state index in [1.54, 1.807) is 11.8 Å². The van der Waals surface area contributed by atoms with E-state index in [0.29, 0.717) is 13.2 Å². The Morgan fingerprint density at radius 3 is 3.10 bits per heavy atom. The van der Waals surface area contributed by atoms with E-state index in [2.05, 4.69) is 9.88 Å². The maximum absolute atomic E-state index is 11.5. The maximum atomic E-state index is 11.5. The van der Waals surface area contributed by atoms with E-state index in [1.165, 1.54) is 11.3 Å². The van der Waals surface area contributed by atoms with Crippen LogP contribution >= 0.6 is 11.3 Å². The Bertz CT molecular complexity index is 477. The number of nitrogens with zero attached hydrogens (tertiary/aromatic N) is 3. The highest BCUT2D eigenvalue weighted by molar-refractivity contribution is 7.14. The predicted octanol–water partition coefficient (Wildman–Crippen LogP) is 1.06. The fourth-order valence-electron chi connectivity index (χ4n) is 2.41. The number of amides is 1. The Labute approximate surface area is 129 Å². The molecule has 1 saturated heterocycles. The summed E-state index contributed by atoms with van der Waals surface area (Å²) in [7, 11) is 0. The zero-order valence-electron chi connectivity index (χ0n) is 12.9. The summed E-state index contributed by atoms with van der Waals surface area (Å²) >= 11 is 1.52. The molecule has 0 radical (unpaired) electrons. The molecule has 2 N–H and O–H groups in total. The molecule has 1 fully saturated rings. The van der Waals surface area contributed by atoms with Crippen LogP contribution in [0.5, 0.6) is 0 Å². The van der Waals surface area contributed by atoms with E-state index >= 15 is 0 Å². The van der Waals surface area contributed by atoms with Crippen molar-refractivity contribution >= 4 is 22.4 Å². The molecule has 0 bridgehead atoms. The van der Waals surface area contributed by atoms with Gasteiger partial charge in [-0.1, -0.05) is 0 Å². The number of hydrogen-bond acceptors (Lipinski definition) is 6. The van der Waals surface area contributed by atoms with E-state index in [0.717, 1.165) is 30.5 Å². The SMILES string of the molecule is CCN(C(C)=O)c1nc(CN2CCOC(C(C)N)C2)cs1. The van der Waals surface area contributed by atoms with Crippen LogP contribution in [-0.2, 0) is 16.1 Å². The maximum Gasteiger partial charge on any atom is 0.225 e. The largest absolute Gasteiger partial charge is 0.374 e. The Hall–Kier alpha value is -1.02. The second-order valence-electron chi connectivity index (χ2n) is 5.39. The highest BCUT2D eigenvalue weighted by Crippen LogP contribution is 2.22. The smallest absolute Gasteiger partial charge is 0.225 e. The summed E-state index contributed by atoms with van der Waals surface area (Å²) in [5, 5.41) is 2.80. The molecule has 0 aliphatic carbocycles. The number of anilines is 1. The summed E-state index contributed by atoms with van der Waals surface area (Å²) in [4.78, 5) is 20.1. The van der Waals surface area contributed by atoms with Crippen LogP contribution in [0.4, 0.5) is 5.13 Å². The molecule has 6 nitrogen and oxygen atoms in total. The Balaban J connectivity index is 1.97. The molecule has 2 unspecified atom stereocenters. The van der Waals surface area contributed by atoms with E-state index in [-0.39, 0.29) is 18.1 Å². The summed E-state index contributed by atoms with van der Waals surface area (Å²) in [5.74, 6) is 0.0294. The zero-order valence-corrected chi connectivity index (χ0v) is 13.7. The van der Waals surface area contributed by atoms with E-state index in [4.69, 9.17) is 10.5 Å². The Morgan fingerprint density at radius 1 is 1.71 bits per heavy atom. The van der Waals surface area contributed by atoms with Crippen molar-refractivity contribution in [3.05, 3.63) is 11.1 Å². The van der Waals surface area contributed by atoms with Crippen LogP contribution in [0.1, 0.15) is 26.5 Å². The highest BCUT2D eigenvalue weighted by Gasteiger charge is 2.24. The number of rotatable bonds is 5. The molecule has 0 saturated carbocycles. The van der Waals surface area contributed by atoms with Crippen molar-refractivity contribution in [2.45, 2.75) is 39.5 Å². The fourth-order valence-corrected chi connectivity index (χ4v) is 3.33. The first-order valence-electron chi connectivity index (χ1n) is 7.33. The van der Waals surface area contributed by atoms with Crippen LogP contribution < -0.4 is 10.6 Å². The third-order valence-corrected chi connectivity index (χ3v) is 4.53. The average Bonchev–Trinajstić information content (AvgIpc) is 2.87. The topological polar surface area (TPSA) is 71.7 Å². The molecule has 7 heteroatoms. The third-order valence-electron chi connectivity index (χ3n) is 3.62. The summed E-state index contributed by atoms with van der Waals surface area (Å²) in [6, 6.07) is 0.0343. The van der Waals surface area contributed by atoms with Crippen molar-refractivity contribution in [2.24, 2.45) is 5.73 Å². The quantitative estimate of drug-likeness (QED) is 0.880. The lowest BCUT2D eigenvalue weighted by Gasteiger charge is -2.34. The van der Waals surface area contributed by atoms with Crippen LogP contribution in [0.15, 0.2) is 5.38 Å². The number of aromatic nitrogens is 1. The molecular formula is C14H24N4O2S. The molecule has 1 aliphatic heterocycles. The number of nitrogens with two attached hydrogens (primary N) is 1. The van der Waals surface area contributed by atoms with Gasteiger partial charge in [-0.2, -0.15) is 0 Å². The van der Waals surface area contributed by atoms with Crippen molar-refractivity contribution in [3.63, 3.8) is 0 Å². The van der Waals surface area contributed by atoms with Gasteiger partial charge < -0.3 is 10.5 Å². The second kappa shape index (κ2) is 7.31. The molecule has 0 aromatic carbocycles. The molecule has 21 heavy (non-hydrogen) atoms. The molecular weight excluding hydrogens is 288 g/mol. The lowest BCUT2D eigenvalue weighted by molar-refractivity contribution is -0.116. The standard InChI is InChI=1S/C14H24N4O2S/c1-4-18(11(3)19)14-16-12(9-21-14)7-17-5-6-20-13(8-17)10(2)15/h9-10,13H,4-8,15H2,1-3H3. The van der Waals surface area contributed by atoms with E-state index in [9.17, 15) is 4.79 Å². The molecule has 1 aliphatic rings. The minimum absolute atomic E-state index is 0.0294. The zero-order chi connectivity index (χ0) is 15.4. The van der Waals surface area contributed by atoms with Gasteiger partial charge in [0, 0.05) is 44.5 Å². The van der Waals surface area contributed by atoms with Gasteiger partial charge >= 0.3 is 0 Å². The fraction of sp³-hybridized carbons (Fsp3) is 0.714. The van der Waals surface area contributed by atoms with Gasteiger partial charge in [-0.15, -0.1) is 11.3 Å². The van der Waals surface area contributed by atoms with Gasteiger partial charge in [0.25, 0.3) is 0 Å². The lowest BCUT2D eigenvalue weighted by Crippen LogP contribution is -2.49. The predicted molar refractivity (Wildman–Crippen MR) is 84.5 cm³/mol. The summed E-state index contributed by atoms with van der Waals surface area (Å²) in [5.41, 5.74) is 6.91.